The van der Waals surface area contributed by atoms with Crippen LogP contribution in [-0.2, 0) is 4.74 Å². The van der Waals surface area contributed by atoms with Gasteiger partial charge in [-0.05, 0) is 39.9 Å². The molecule has 4 heteroatoms. The van der Waals surface area contributed by atoms with E-state index >= 15 is 0 Å². The maximum atomic E-state index is 12.1. The Bertz CT molecular complexity index is 979. The molecule has 4 nitrogen and oxygen atoms in total. The molecule has 146 valence electrons. The Morgan fingerprint density at radius 2 is 1.55 bits per heavy atom. The zero-order valence-electron chi connectivity index (χ0n) is 16.3. The van der Waals surface area contributed by atoms with Crippen LogP contribution in [0, 0.1) is 0 Å². The van der Waals surface area contributed by atoms with Gasteiger partial charge in [0.05, 0.1) is 7.11 Å². The van der Waals surface area contributed by atoms with Crippen LogP contribution in [0.4, 0.5) is 4.79 Å². The number of amides is 1. The van der Waals surface area contributed by atoms with E-state index in [2.05, 4.69) is 29.6 Å². The van der Waals surface area contributed by atoms with Crippen molar-refractivity contribution in [1.29, 1.82) is 0 Å². The fraction of sp³-hybridized carbons (Fsp3) is 0.160. The fourth-order valence-corrected chi connectivity index (χ4v) is 3.70. The molecule has 1 aliphatic carbocycles. The molecule has 0 radical (unpaired) electrons. The molecule has 3 aromatic rings. The van der Waals surface area contributed by atoms with Gasteiger partial charge < -0.3 is 14.8 Å². The van der Waals surface area contributed by atoms with Crippen molar-refractivity contribution in [1.82, 2.24) is 5.32 Å². The zero-order chi connectivity index (χ0) is 20.1. The predicted molar refractivity (Wildman–Crippen MR) is 115 cm³/mol. The Morgan fingerprint density at radius 1 is 0.931 bits per heavy atom. The Labute approximate surface area is 170 Å². The van der Waals surface area contributed by atoms with Gasteiger partial charge in [-0.2, -0.15) is 0 Å². The number of hydrogen-bond acceptors (Lipinski definition) is 3. The van der Waals surface area contributed by atoms with Crippen LogP contribution in [0.5, 0.6) is 5.75 Å². The Balaban J connectivity index is 1.31. The van der Waals surface area contributed by atoms with Crippen LogP contribution in [-0.4, -0.2) is 26.4 Å². The van der Waals surface area contributed by atoms with Gasteiger partial charge in [-0.3, -0.25) is 0 Å². The summed E-state index contributed by atoms with van der Waals surface area (Å²) in [6.45, 7) is 0.727. The van der Waals surface area contributed by atoms with Crippen LogP contribution < -0.4 is 10.1 Å². The smallest absolute Gasteiger partial charge is 0.407 e. The number of carbonyl (C=O) groups excluding carboxylic acids is 1. The summed E-state index contributed by atoms with van der Waals surface area (Å²) >= 11 is 0. The highest BCUT2D eigenvalue weighted by Crippen LogP contribution is 2.44. The number of rotatable bonds is 6. The monoisotopic (exact) mass is 385 g/mol. The lowest BCUT2D eigenvalue weighted by atomic mass is 9.98. The van der Waals surface area contributed by atoms with Gasteiger partial charge in [0.2, 0.25) is 0 Å². The SMILES string of the molecule is COc1ccc(C=CCNC(=O)OCC2c3ccccc3-c3ccccc32)cc1. The van der Waals surface area contributed by atoms with Crippen molar-refractivity contribution in [3.8, 4) is 16.9 Å². The van der Waals surface area contributed by atoms with Gasteiger partial charge in [0.15, 0.2) is 0 Å². The summed E-state index contributed by atoms with van der Waals surface area (Å²) in [6, 6.07) is 24.3. The average Bonchev–Trinajstić information content (AvgIpc) is 3.09. The summed E-state index contributed by atoms with van der Waals surface area (Å²) in [5, 5.41) is 2.77. The molecule has 0 aliphatic heterocycles. The molecule has 0 aromatic heterocycles. The van der Waals surface area contributed by atoms with Crippen molar-refractivity contribution in [2.45, 2.75) is 5.92 Å². The standard InChI is InChI=1S/C25H23NO3/c1-28-19-14-12-18(13-15-19)7-6-16-26-25(27)29-17-24-22-10-4-2-8-20(22)21-9-3-5-11-23(21)24/h2-15,24H,16-17H2,1H3,(H,26,27). The third kappa shape index (κ3) is 4.16. The van der Waals surface area contributed by atoms with E-state index in [0.29, 0.717) is 13.2 Å². The number of alkyl carbamates (subject to hydrolysis) is 1. The number of methoxy groups -OCH3 is 1. The quantitative estimate of drug-likeness (QED) is 0.631. The molecule has 0 heterocycles. The van der Waals surface area contributed by atoms with Crippen molar-refractivity contribution in [3.05, 3.63) is 95.6 Å². The first-order valence-corrected chi connectivity index (χ1v) is 9.65. The highest BCUT2D eigenvalue weighted by molar-refractivity contribution is 5.79. The third-order valence-corrected chi connectivity index (χ3v) is 5.13. The van der Waals surface area contributed by atoms with Gasteiger partial charge in [0.1, 0.15) is 12.4 Å². The molecule has 3 aromatic carbocycles. The minimum Gasteiger partial charge on any atom is -0.497 e. The largest absolute Gasteiger partial charge is 0.497 e. The molecule has 0 bridgehead atoms. The van der Waals surface area contributed by atoms with Crippen molar-refractivity contribution in [2.75, 3.05) is 20.3 Å². The van der Waals surface area contributed by atoms with Crippen LogP contribution >= 0.6 is 0 Å². The number of carbonyl (C=O) groups is 1. The number of hydrogen-bond donors (Lipinski definition) is 1. The van der Waals surface area contributed by atoms with E-state index in [0.717, 1.165) is 11.3 Å². The van der Waals surface area contributed by atoms with Gasteiger partial charge in [-0.1, -0.05) is 72.8 Å². The van der Waals surface area contributed by atoms with Crippen LogP contribution in [0.3, 0.4) is 0 Å². The van der Waals surface area contributed by atoms with E-state index in [1.807, 2.05) is 60.7 Å². The van der Waals surface area contributed by atoms with Crippen molar-refractivity contribution < 1.29 is 14.3 Å². The topological polar surface area (TPSA) is 47.6 Å². The lowest BCUT2D eigenvalue weighted by molar-refractivity contribution is 0.144. The highest BCUT2D eigenvalue weighted by atomic mass is 16.5. The molecule has 0 spiro atoms. The molecule has 1 amide bonds. The molecule has 1 aliphatic rings. The lowest BCUT2D eigenvalue weighted by Crippen LogP contribution is -2.26. The van der Waals surface area contributed by atoms with E-state index in [1.54, 1.807) is 7.11 Å². The second-order valence-electron chi connectivity index (χ2n) is 6.88. The number of nitrogens with one attached hydrogen (secondary N) is 1. The minimum absolute atomic E-state index is 0.0722. The Kier molecular flexibility index (Phi) is 5.61. The van der Waals surface area contributed by atoms with Crippen LogP contribution in [0.25, 0.3) is 17.2 Å². The van der Waals surface area contributed by atoms with E-state index in [-0.39, 0.29) is 5.92 Å². The molecule has 29 heavy (non-hydrogen) atoms. The van der Waals surface area contributed by atoms with E-state index in [9.17, 15) is 4.79 Å². The molecule has 0 saturated carbocycles. The third-order valence-electron chi connectivity index (χ3n) is 5.13. The summed E-state index contributed by atoms with van der Waals surface area (Å²) in [4.78, 5) is 12.1. The van der Waals surface area contributed by atoms with Gasteiger partial charge in [-0.25, -0.2) is 4.79 Å². The molecule has 1 N–H and O–H groups in total. The molecule has 0 saturated heterocycles. The van der Waals surface area contributed by atoms with Crippen LogP contribution in [0.2, 0.25) is 0 Å². The molecule has 0 unspecified atom stereocenters. The first-order chi connectivity index (χ1) is 14.3. The van der Waals surface area contributed by atoms with E-state index in [1.165, 1.54) is 22.3 Å². The molecule has 0 fully saturated rings. The Hall–Kier alpha value is -3.53. The van der Waals surface area contributed by atoms with Gasteiger partial charge in [0, 0.05) is 12.5 Å². The van der Waals surface area contributed by atoms with Gasteiger partial charge >= 0.3 is 6.09 Å². The predicted octanol–water partition coefficient (Wildman–Crippen LogP) is 5.25. The molecule has 4 rings (SSSR count). The first kappa shape index (κ1) is 18.8. The summed E-state index contributed by atoms with van der Waals surface area (Å²) in [6.07, 6.45) is 3.43. The maximum Gasteiger partial charge on any atom is 0.407 e. The zero-order valence-corrected chi connectivity index (χ0v) is 16.3. The summed E-state index contributed by atoms with van der Waals surface area (Å²) in [7, 11) is 1.64. The Morgan fingerprint density at radius 3 is 2.17 bits per heavy atom. The number of ether oxygens (including phenoxy) is 2. The molecular weight excluding hydrogens is 362 g/mol. The minimum atomic E-state index is -0.411. The fourth-order valence-electron chi connectivity index (χ4n) is 3.70. The van der Waals surface area contributed by atoms with Crippen LogP contribution in [0.15, 0.2) is 78.9 Å². The van der Waals surface area contributed by atoms with E-state index < -0.39 is 6.09 Å². The molecular formula is C25H23NO3. The number of fused-ring (bicyclic) bond motifs is 3. The summed E-state index contributed by atoms with van der Waals surface area (Å²) in [5.74, 6) is 0.891. The van der Waals surface area contributed by atoms with Gasteiger partial charge in [-0.15, -0.1) is 0 Å². The molecule has 0 atom stereocenters. The van der Waals surface area contributed by atoms with Crippen molar-refractivity contribution >= 4 is 12.2 Å². The first-order valence-electron chi connectivity index (χ1n) is 9.65. The second-order valence-corrected chi connectivity index (χ2v) is 6.88. The maximum absolute atomic E-state index is 12.1. The average molecular weight is 385 g/mol. The highest BCUT2D eigenvalue weighted by Gasteiger charge is 2.28. The second kappa shape index (κ2) is 8.65. The summed E-state index contributed by atoms with van der Waals surface area (Å²) < 4.78 is 10.7. The van der Waals surface area contributed by atoms with Crippen molar-refractivity contribution in [3.63, 3.8) is 0 Å². The van der Waals surface area contributed by atoms with Gasteiger partial charge in [0.25, 0.3) is 0 Å². The normalized spacial score (nSPS) is 12.4. The summed E-state index contributed by atoms with van der Waals surface area (Å²) in [5.41, 5.74) is 5.90. The van der Waals surface area contributed by atoms with Crippen molar-refractivity contribution in [2.24, 2.45) is 0 Å². The van der Waals surface area contributed by atoms with E-state index in [4.69, 9.17) is 9.47 Å². The van der Waals surface area contributed by atoms with Crippen LogP contribution in [0.1, 0.15) is 22.6 Å². The number of benzene rings is 3. The lowest BCUT2D eigenvalue weighted by Gasteiger charge is -2.14.